The van der Waals surface area contributed by atoms with Gasteiger partial charge in [0.05, 0.1) is 23.8 Å². The van der Waals surface area contributed by atoms with E-state index in [1.165, 1.54) is 12.4 Å². The maximum absolute atomic E-state index is 11.9. The summed E-state index contributed by atoms with van der Waals surface area (Å²) in [4.78, 5) is 28.7. The molecule has 2 rings (SSSR count). The largest absolute Gasteiger partial charge is 0.396 e. The number of hydrogen-bond acceptors (Lipinski definition) is 5. The van der Waals surface area contributed by atoms with Crippen LogP contribution in [-0.4, -0.2) is 25.7 Å². The summed E-state index contributed by atoms with van der Waals surface area (Å²) in [6.45, 7) is 1.67. The van der Waals surface area contributed by atoms with Crippen LogP contribution in [-0.2, 0) is 0 Å². The highest BCUT2D eigenvalue weighted by atomic mass is 16.2. The summed E-state index contributed by atoms with van der Waals surface area (Å²) < 4.78 is 1.13. The van der Waals surface area contributed by atoms with Crippen molar-refractivity contribution in [2.24, 2.45) is 0 Å². The van der Waals surface area contributed by atoms with Crippen LogP contribution >= 0.6 is 0 Å². The highest BCUT2D eigenvalue weighted by molar-refractivity contribution is 5.94. The molecule has 82 valence electrons. The van der Waals surface area contributed by atoms with E-state index in [1.807, 2.05) is 0 Å². The number of rotatable bonds is 1. The van der Waals surface area contributed by atoms with Gasteiger partial charge in [0.2, 0.25) is 0 Å². The number of carbonyl (C=O) groups excluding carboxylic acids is 1. The van der Waals surface area contributed by atoms with Gasteiger partial charge in [-0.25, -0.2) is 4.98 Å². The molecule has 2 aromatic rings. The summed E-state index contributed by atoms with van der Waals surface area (Å²) in [6.07, 6.45) is 3.66. The van der Waals surface area contributed by atoms with E-state index in [4.69, 9.17) is 5.73 Å². The Morgan fingerprint density at radius 2 is 2.25 bits per heavy atom. The first kappa shape index (κ1) is 10.1. The molecule has 0 spiro atoms. The number of nitrogens with one attached hydrogen (secondary N) is 1. The average molecular weight is 219 g/mol. The number of anilines is 1. The lowest BCUT2D eigenvalue weighted by atomic mass is 10.4. The minimum Gasteiger partial charge on any atom is -0.396 e. The Hall–Kier alpha value is -2.44. The Bertz CT molecular complexity index is 578. The van der Waals surface area contributed by atoms with Crippen LogP contribution in [0.3, 0.4) is 0 Å². The number of nitrogens with zero attached hydrogens (tertiary/aromatic N) is 3. The summed E-state index contributed by atoms with van der Waals surface area (Å²) in [5.41, 5.74) is 6.27. The zero-order valence-corrected chi connectivity index (χ0v) is 8.47. The van der Waals surface area contributed by atoms with Gasteiger partial charge in [-0.05, 0) is 6.92 Å². The first-order valence-electron chi connectivity index (χ1n) is 4.49. The molecule has 2 aromatic heterocycles. The number of H-pyrrole nitrogens is 1. The molecule has 0 amide bonds. The van der Waals surface area contributed by atoms with E-state index in [1.54, 1.807) is 6.92 Å². The Morgan fingerprint density at radius 3 is 2.75 bits per heavy atom. The molecule has 0 saturated carbocycles. The van der Waals surface area contributed by atoms with Crippen molar-refractivity contribution < 1.29 is 4.79 Å². The molecule has 0 bridgehead atoms. The number of aromatic nitrogens is 4. The molecule has 0 radical (unpaired) electrons. The highest BCUT2D eigenvalue weighted by Crippen LogP contribution is 2.09. The van der Waals surface area contributed by atoms with Crippen LogP contribution in [0.15, 0.2) is 23.4 Å². The van der Waals surface area contributed by atoms with Gasteiger partial charge in [-0.2, -0.15) is 9.78 Å². The summed E-state index contributed by atoms with van der Waals surface area (Å²) in [7, 11) is 0. The number of carbonyl (C=O) groups is 1. The van der Waals surface area contributed by atoms with Crippen LogP contribution in [0.2, 0.25) is 0 Å². The van der Waals surface area contributed by atoms with Gasteiger partial charge in [0.25, 0.3) is 11.5 Å². The topological polar surface area (TPSA) is 107 Å². The molecular weight excluding hydrogens is 210 g/mol. The SMILES string of the molecule is Cc1c(N)cnn1C(=O)c1c[nH]c(=O)cn1. The molecule has 0 saturated heterocycles. The zero-order chi connectivity index (χ0) is 11.7. The maximum Gasteiger partial charge on any atom is 0.298 e. The number of hydrogen-bond donors (Lipinski definition) is 2. The molecule has 0 atom stereocenters. The lowest BCUT2D eigenvalue weighted by Gasteiger charge is -2.01. The number of nitrogen functional groups attached to an aromatic ring is 1. The van der Waals surface area contributed by atoms with Gasteiger partial charge in [0.1, 0.15) is 5.69 Å². The molecule has 0 unspecified atom stereocenters. The molecule has 3 N–H and O–H groups in total. The van der Waals surface area contributed by atoms with Crippen molar-refractivity contribution in [3.63, 3.8) is 0 Å². The maximum atomic E-state index is 11.9. The van der Waals surface area contributed by atoms with E-state index in [-0.39, 0.29) is 11.3 Å². The standard InChI is InChI=1S/C9H9N5O2/c1-5-6(10)2-13-14(5)9(16)7-3-12-8(15)4-11-7/h2-4H,10H2,1H3,(H,12,15). The average Bonchev–Trinajstić information content (AvgIpc) is 2.60. The van der Waals surface area contributed by atoms with Crippen molar-refractivity contribution >= 4 is 11.6 Å². The van der Waals surface area contributed by atoms with Crippen molar-refractivity contribution in [3.05, 3.63) is 40.3 Å². The quantitative estimate of drug-likeness (QED) is 0.675. The monoisotopic (exact) mass is 219 g/mol. The molecular formula is C9H9N5O2. The Morgan fingerprint density at radius 1 is 1.50 bits per heavy atom. The van der Waals surface area contributed by atoms with Gasteiger partial charge >= 0.3 is 0 Å². The van der Waals surface area contributed by atoms with E-state index in [0.717, 1.165) is 10.9 Å². The summed E-state index contributed by atoms with van der Waals surface area (Å²) in [5, 5.41) is 3.82. The Balaban J connectivity index is 2.43. The third-order valence-electron chi connectivity index (χ3n) is 2.13. The summed E-state index contributed by atoms with van der Waals surface area (Å²) in [6, 6.07) is 0. The van der Waals surface area contributed by atoms with Crippen LogP contribution in [0.4, 0.5) is 5.69 Å². The number of aromatic amines is 1. The third-order valence-corrected chi connectivity index (χ3v) is 2.13. The van der Waals surface area contributed by atoms with Gasteiger partial charge in [0.15, 0.2) is 0 Å². The van der Waals surface area contributed by atoms with Crippen LogP contribution in [0.5, 0.6) is 0 Å². The van der Waals surface area contributed by atoms with E-state index in [9.17, 15) is 9.59 Å². The van der Waals surface area contributed by atoms with E-state index >= 15 is 0 Å². The molecule has 7 nitrogen and oxygen atoms in total. The van der Waals surface area contributed by atoms with Crippen molar-refractivity contribution in [1.29, 1.82) is 0 Å². The number of nitrogens with two attached hydrogens (primary N) is 1. The normalized spacial score (nSPS) is 10.3. The lowest BCUT2D eigenvalue weighted by Crippen LogP contribution is -2.19. The molecule has 0 aromatic carbocycles. The third kappa shape index (κ3) is 1.58. The van der Waals surface area contributed by atoms with Crippen LogP contribution in [0, 0.1) is 6.92 Å². The molecule has 16 heavy (non-hydrogen) atoms. The van der Waals surface area contributed by atoms with Gasteiger partial charge in [-0.3, -0.25) is 9.59 Å². The van der Waals surface area contributed by atoms with Crippen LogP contribution in [0.25, 0.3) is 0 Å². The molecule has 7 heteroatoms. The van der Waals surface area contributed by atoms with Crippen molar-refractivity contribution in [1.82, 2.24) is 19.7 Å². The minimum atomic E-state index is -0.439. The predicted octanol–water partition coefficient (Wildman–Crippen LogP) is -0.454. The first-order chi connectivity index (χ1) is 7.59. The second kappa shape index (κ2) is 3.61. The van der Waals surface area contributed by atoms with Gasteiger partial charge in [-0.15, -0.1) is 0 Å². The molecule has 0 aliphatic heterocycles. The zero-order valence-electron chi connectivity index (χ0n) is 8.47. The van der Waals surface area contributed by atoms with Crippen LogP contribution < -0.4 is 11.3 Å². The predicted molar refractivity (Wildman–Crippen MR) is 56.0 cm³/mol. The lowest BCUT2D eigenvalue weighted by molar-refractivity contribution is 0.0937. The fraction of sp³-hybridized carbons (Fsp3) is 0.111. The minimum absolute atomic E-state index is 0.103. The van der Waals surface area contributed by atoms with Crippen molar-refractivity contribution in [2.45, 2.75) is 6.92 Å². The van der Waals surface area contributed by atoms with Crippen molar-refractivity contribution in [3.8, 4) is 0 Å². The van der Waals surface area contributed by atoms with E-state index in [2.05, 4.69) is 15.1 Å². The fourth-order valence-electron chi connectivity index (χ4n) is 1.19. The molecule has 0 aliphatic rings. The van der Waals surface area contributed by atoms with Gasteiger partial charge in [-0.1, -0.05) is 0 Å². The van der Waals surface area contributed by atoms with Crippen molar-refractivity contribution in [2.75, 3.05) is 5.73 Å². The highest BCUT2D eigenvalue weighted by Gasteiger charge is 2.14. The summed E-state index contributed by atoms with van der Waals surface area (Å²) >= 11 is 0. The smallest absolute Gasteiger partial charge is 0.298 e. The second-order valence-corrected chi connectivity index (χ2v) is 3.20. The molecule has 2 heterocycles. The molecule has 0 fully saturated rings. The molecule has 0 aliphatic carbocycles. The second-order valence-electron chi connectivity index (χ2n) is 3.20. The fourth-order valence-corrected chi connectivity index (χ4v) is 1.19. The summed E-state index contributed by atoms with van der Waals surface area (Å²) in [5.74, 6) is -0.439. The Labute approximate surface area is 89.9 Å². The Kier molecular flexibility index (Phi) is 2.28. The van der Waals surface area contributed by atoms with E-state index < -0.39 is 5.91 Å². The first-order valence-corrected chi connectivity index (χ1v) is 4.49. The van der Waals surface area contributed by atoms with Crippen LogP contribution in [0.1, 0.15) is 16.2 Å². The van der Waals surface area contributed by atoms with Gasteiger partial charge in [0, 0.05) is 6.20 Å². The van der Waals surface area contributed by atoms with Gasteiger partial charge < -0.3 is 10.7 Å². The van der Waals surface area contributed by atoms with E-state index in [0.29, 0.717) is 11.4 Å².